The largest absolute Gasteiger partial charge is 0.416 e. The molecule has 0 radical (unpaired) electrons. The summed E-state index contributed by atoms with van der Waals surface area (Å²) in [6.45, 7) is 5.32. The number of sulfonamides is 1. The van der Waals surface area contributed by atoms with Crippen LogP contribution in [0.3, 0.4) is 0 Å². The lowest BCUT2D eigenvalue weighted by Gasteiger charge is -2.34. The number of halogens is 4. The van der Waals surface area contributed by atoms with Crippen LogP contribution in [0.25, 0.3) is 0 Å². The van der Waals surface area contributed by atoms with Crippen molar-refractivity contribution in [1.82, 2.24) is 10.2 Å². The molecule has 0 spiro atoms. The highest BCUT2D eigenvalue weighted by atomic mass is 35.5. The molecule has 0 aliphatic carbocycles. The molecule has 238 valence electrons. The van der Waals surface area contributed by atoms with Gasteiger partial charge < -0.3 is 10.2 Å². The molecule has 3 aromatic carbocycles. The molecule has 0 fully saturated rings. The first-order valence-electron chi connectivity index (χ1n) is 14.0. The number of nitrogens with zero attached hydrogens (tertiary/aromatic N) is 2. The van der Waals surface area contributed by atoms with Crippen LogP contribution in [-0.4, -0.2) is 49.5 Å². The van der Waals surface area contributed by atoms with Gasteiger partial charge in [0, 0.05) is 36.5 Å². The quantitative estimate of drug-likeness (QED) is 0.244. The van der Waals surface area contributed by atoms with Crippen molar-refractivity contribution in [2.75, 3.05) is 17.1 Å². The van der Waals surface area contributed by atoms with Crippen molar-refractivity contribution in [2.24, 2.45) is 0 Å². The summed E-state index contributed by atoms with van der Waals surface area (Å²) < 4.78 is 66.0. The third-order valence-electron chi connectivity index (χ3n) is 6.62. The Labute approximate surface area is 262 Å². The number of benzene rings is 3. The number of anilines is 1. The number of hydrogen-bond donors (Lipinski definition) is 1. The van der Waals surface area contributed by atoms with Crippen molar-refractivity contribution in [3.05, 3.63) is 101 Å². The lowest BCUT2D eigenvalue weighted by Crippen LogP contribution is -2.54. The van der Waals surface area contributed by atoms with Crippen LogP contribution in [0.5, 0.6) is 0 Å². The van der Waals surface area contributed by atoms with Crippen LogP contribution in [0.1, 0.15) is 50.3 Å². The van der Waals surface area contributed by atoms with Crippen LogP contribution < -0.4 is 9.62 Å². The van der Waals surface area contributed by atoms with Crippen LogP contribution >= 0.6 is 11.6 Å². The van der Waals surface area contributed by atoms with E-state index in [1.54, 1.807) is 24.3 Å². The van der Waals surface area contributed by atoms with Gasteiger partial charge in [0.25, 0.3) is 0 Å². The highest BCUT2D eigenvalue weighted by Gasteiger charge is 2.33. The Bertz CT molecular complexity index is 1540. The average molecular weight is 652 g/mol. The van der Waals surface area contributed by atoms with Gasteiger partial charge in [-0.3, -0.25) is 13.9 Å². The molecule has 0 bridgehead atoms. The Hall–Kier alpha value is -3.57. The molecule has 44 heavy (non-hydrogen) atoms. The summed E-state index contributed by atoms with van der Waals surface area (Å²) in [7, 11) is -3.98. The predicted octanol–water partition coefficient (Wildman–Crippen LogP) is 6.46. The summed E-state index contributed by atoms with van der Waals surface area (Å²) in [4.78, 5) is 29.0. The number of amides is 2. The summed E-state index contributed by atoms with van der Waals surface area (Å²) in [5.41, 5.74) is -0.205. The Kier molecular flexibility index (Phi) is 11.5. The van der Waals surface area contributed by atoms with Crippen molar-refractivity contribution in [2.45, 2.75) is 64.3 Å². The van der Waals surface area contributed by atoms with E-state index in [-0.39, 0.29) is 43.9 Å². The highest BCUT2D eigenvalue weighted by molar-refractivity contribution is 7.92. The summed E-state index contributed by atoms with van der Waals surface area (Å²) in [5, 5.41) is 3.42. The lowest BCUT2D eigenvalue weighted by atomic mass is 10.00. The fraction of sp³-hybridized carbons (Fsp3) is 0.375. The second-order valence-corrected chi connectivity index (χ2v) is 13.9. The zero-order valence-corrected chi connectivity index (χ0v) is 26.6. The molecule has 2 amide bonds. The van der Waals surface area contributed by atoms with Gasteiger partial charge in [-0.1, -0.05) is 60.1 Å². The molecule has 3 rings (SSSR count). The Morgan fingerprint density at radius 1 is 0.909 bits per heavy atom. The molecule has 12 heteroatoms. The van der Waals surface area contributed by atoms with E-state index in [1.165, 1.54) is 11.0 Å². The first-order chi connectivity index (χ1) is 20.4. The normalized spacial score (nSPS) is 12.8. The molecule has 1 unspecified atom stereocenters. The number of nitrogens with one attached hydrogen (secondary N) is 1. The molecule has 3 aromatic rings. The first-order valence-corrected chi connectivity index (χ1v) is 16.2. The maximum Gasteiger partial charge on any atom is 0.416 e. The van der Waals surface area contributed by atoms with Gasteiger partial charge in [-0.15, -0.1) is 0 Å². The van der Waals surface area contributed by atoms with Crippen LogP contribution in [0, 0.1) is 0 Å². The van der Waals surface area contributed by atoms with Crippen molar-refractivity contribution >= 4 is 39.1 Å². The molecule has 0 saturated carbocycles. The van der Waals surface area contributed by atoms with E-state index >= 15 is 0 Å². The van der Waals surface area contributed by atoms with Gasteiger partial charge in [-0.05, 0) is 68.7 Å². The molecule has 7 nitrogen and oxygen atoms in total. The van der Waals surface area contributed by atoms with Crippen LogP contribution in [0.2, 0.25) is 5.02 Å². The third kappa shape index (κ3) is 10.6. The number of rotatable bonds is 12. The van der Waals surface area contributed by atoms with Crippen LogP contribution in [-0.2, 0) is 38.8 Å². The van der Waals surface area contributed by atoms with Gasteiger partial charge in [-0.25, -0.2) is 8.42 Å². The summed E-state index contributed by atoms with van der Waals surface area (Å²) in [5.74, 6) is -0.786. The summed E-state index contributed by atoms with van der Waals surface area (Å²) >= 11 is 6.21. The molecule has 0 aliphatic rings. The van der Waals surface area contributed by atoms with E-state index in [0.29, 0.717) is 10.6 Å². The number of hydrogen-bond acceptors (Lipinski definition) is 4. The van der Waals surface area contributed by atoms with Crippen molar-refractivity contribution in [1.29, 1.82) is 0 Å². The first kappa shape index (κ1) is 34.9. The SMILES string of the molecule is CC(C)(C)NC(=O)C(Cc1ccccc1)N(Cc1cccc(Cl)c1)C(=O)CCCN(c1cccc(C(F)(F)F)c1)S(C)(=O)=O. The lowest BCUT2D eigenvalue weighted by molar-refractivity contribution is -0.142. The molecule has 0 aliphatic heterocycles. The fourth-order valence-corrected chi connectivity index (χ4v) is 5.85. The molecule has 1 atom stereocenters. The summed E-state index contributed by atoms with van der Waals surface area (Å²) in [6, 6.07) is 19.3. The molecular weight excluding hydrogens is 615 g/mol. The van der Waals surface area contributed by atoms with Crippen LogP contribution in [0.4, 0.5) is 18.9 Å². The van der Waals surface area contributed by atoms with E-state index in [9.17, 15) is 31.2 Å². The minimum absolute atomic E-state index is 0.00680. The van der Waals surface area contributed by atoms with Crippen molar-refractivity contribution < 1.29 is 31.2 Å². The zero-order chi connectivity index (χ0) is 32.7. The minimum Gasteiger partial charge on any atom is -0.350 e. The van der Waals surface area contributed by atoms with E-state index < -0.39 is 39.3 Å². The molecule has 0 saturated heterocycles. The topological polar surface area (TPSA) is 86.8 Å². The molecule has 0 aromatic heterocycles. The maximum absolute atomic E-state index is 13.9. The number of carbonyl (C=O) groups is 2. The van der Waals surface area contributed by atoms with Gasteiger partial charge in [0.15, 0.2) is 0 Å². The number of alkyl halides is 3. The molecule has 1 N–H and O–H groups in total. The number of carbonyl (C=O) groups excluding carboxylic acids is 2. The van der Waals surface area contributed by atoms with Gasteiger partial charge in [0.05, 0.1) is 17.5 Å². The second-order valence-electron chi connectivity index (χ2n) is 11.6. The van der Waals surface area contributed by atoms with E-state index in [0.717, 1.165) is 34.3 Å². The van der Waals surface area contributed by atoms with E-state index in [4.69, 9.17) is 11.6 Å². The Morgan fingerprint density at radius 2 is 1.55 bits per heavy atom. The highest BCUT2D eigenvalue weighted by Crippen LogP contribution is 2.32. The van der Waals surface area contributed by atoms with Gasteiger partial charge >= 0.3 is 6.18 Å². The monoisotopic (exact) mass is 651 g/mol. The third-order valence-corrected chi connectivity index (χ3v) is 8.05. The Morgan fingerprint density at radius 3 is 2.14 bits per heavy atom. The smallest absolute Gasteiger partial charge is 0.350 e. The minimum atomic E-state index is -4.66. The van der Waals surface area contributed by atoms with E-state index in [2.05, 4.69) is 5.32 Å². The van der Waals surface area contributed by atoms with Gasteiger partial charge in [0.1, 0.15) is 6.04 Å². The summed E-state index contributed by atoms with van der Waals surface area (Å²) in [6.07, 6.45) is -3.72. The molecule has 0 heterocycles. The van der Waals surface area contributed by atoms with E-state index in [1.807, 2.05) is 51.1 Å². The zero-order valence-electron chi connectivity index (χ0n) is 25.1. The Balaban J connectivity index is 1.92. The van der Waals surface area contributed by atoms with Crippen LogP contribution in [0.15, 0.2) is 78.9 Å². The van der Waals surface area contributed by atoms with Crippen molar-refractivity contribution in [3.63, 3.8) is 0 Å². The van der Waals surface area contributed by atoms with Gasteiger partial charge in [0.2, 0.25) is 21.8 Å². The van der Waals surface area contributed by atoms with Gasteiger partial charge in [-0.2, -0.15) is 13.2 Å². The standard InChI is InChI=1S/C32H37ClF3N3O4S/c1-31(2,3)37-30(41)28(20-23-11-6-5-7-12-23)38(22-24-13-8-15-26(33)19-24)29(40)17-10-18-39(44(4,42)43)27-16-9-14-25(21-27)32(34,35)36/h5-9,11-16,19,21,28H,10,17-18,20,22H2,1-4H3,(H,37,41). The predicted molar refractivity (Wildman–Crippen MR) is 167 cm³/mol. The maximum atomic E-state index is 13.9. The fourth-order valence-electron chi connectivity index (χ4n) is 4.68. The second kappa shape index (κ2) is 14.5. The van der Waals surface area contributed by atoms with Crippen molar-refractivity contribution in [3.8, 4) is 0 Å². The molecular formula is C32H37ClF3N3O4S. The average Bonchev–Trinajstić information content (AvgIpc) is 2.91.